The zero-order valence-corrected chi connectivity index (χ0v) is 17.2. The number of nitrogens with zero attached hydrogens (tertiary/aromatic N) is 1. The zero-order chi connectivity index (χ0) is 20.4. The van der Waals surface area contributed by atoms with Crippen LogP contribution in [0, 0.1) is 0 Å². The summed E-state index contributed by atoms with van der Waals surface area (Å²) in [6.45, 7) is 7.15. The lowest BCUT2D eigenvalue weighted by molar-refractivity contribution is 0.0823. The van der Waals surface area contributed by atoms with Gasteiger partial charge in [-0.1, -0.05) is 38.1 Å². The van der Waals surface area contributed by atoms with Gasteiger partial charge in [-0.25, -0.2) is 0 Å². The van der Waals surface area contributed by atoms with Crippen LogP contribution in [0.5, 0.6) is 11.5 Å². The van der Waals surface area contributed by atoms with Crippen LogP contribution in [0.25, 0.3) is 6.08 Å². The first-order valence-corrected chi connectivity index (χ1v) is 10.1. The Kier molecular flexibility index (Phi) is 5.69. The summed E-state index contributed by atoms with van der Waals surface area (Å²) in [6.07, 6.45) is 2.75. The van der Waals surface area contributed by atoms with Gasteiger partial charge < -0.3 is 14.2 Å². The number of hydrogen-bond acceptors (Lipinski definition) is 5. The number of carbonyl (C=O) groups is 1. The molecule has 0 unspecified atom stereocenters. The van der Waals surface area contributed by atoms with Crippen LogP contribution in [0.2, 0.25) is 0 Å². The molecule has 0 aromatic heterocycles. The van der Waals surface area contributed by atoms with Crippen molar-refractivity contribution in [3.63, 3.8) is 0 Å². The first-order chi connectivity index (χ1) is 14.1. The van der Waals surface area contributed by atoms with Gasteiger partial charge in [-0.3, -0.25) is 9.69 Å². The monoisotopic (exact) mass is 393 g/mol. The molecule has 0 N–H and O–H groups in total. The van der Waals surface area contributed by atoms with E-state index < -0.39 is 0 Å². The average Bonchev–Trinajstić information content (AvgIpc) is 3.04. The molecule has 5 nitrogen and oxygen atoms in total. The Bertz CT molecular complexity index is 931. The summed E-state index contributed by atoms with van der Waals surface area (Å²) >= 11 is 0. The second kappa shape index (κ2) is 8.39. The lowest BCUT2D eigenvalue weighted by Crippen LogP contribution is -2.33. The van der Waals surface area contributed by atoms with Gasteiger partial charge in [-0.05, 0) is 41.7 Å². The fourth-order valence-corrected chi connectivity index (χ4v) is 3.71. The molecule has 2 aromatic rings. The molecule has 2 heterocycles. The fraction of sp³-hybridized carbons (Fsp3) is 0.375. The molecule has 0 bridgehead atoms. The van der Waals surface area contributed by atoms with Crippen molar-refractivity contribution < 1.29 is 19.0 Å². The number of ether oxygens (including phenoxy) is 3. The number of rotatable bonds is 6. The summed E-state index contributed by atoms with van der Waals surface area (Å²) in [5, 5.41) is 0. The third-order valence-electron chi connectivity index (χ3n) is 5.41. The molecule has 29 heavy (non-hydrogen) atoms. The van der Waals surface area contributed by atoms with E-state index in [4.69, 9.17) is 14.2 Å². The van der Waals surface area contributed by atoms with E-state index in [2.05, 4.69) is 30.9 Å². The number of methoxy groups -OCH3 is 1. The van der Waals surface area contributed by atoms with Gasteiger partial charge in [-0.15, -0.1) is 0 Å². The Morgan fingerprint density at radius 2 is 1.97 bits per heavy atom. The first kappa shape index (κ1) is 19.7. The fourth-order valence-electron chi connectivity index (χ4n) is 3.71. The van der Waals surface area contributed by atoms with Crippen LogP contribution in [0.3, 0.4) is 0 Å². The standard InChI is InChI=1S/C24H27NO4/c1-16(2)18-7-5-17(6-8-18)13-22-23(26)19-9-10-21-20(24(19)29-22)14-25(15-28-21)11-4-12-27-3/h5-10,13,16H,4,11-12,14-15H2,1-3H3/b22-13-. The predicted octanol–water partition coefficient (Wildman–Crippen LogP) is 4.61. The van der Waals surface area contributed by atoms with Crippen molar-refractivity contribution in [2.24, 2.45) is 0 Å². The lowest BCUT2D eigenvalue weighted by atomic mass is 10.0. The molecular formula is C24H27NO4. The molecule has 2 aromatic carbocycles. The Labute approximate surface area is 171 Å². The third kappa shape index (κ3) is 4.07. The molecule has 0 amide bonds. The smallest absolute Gasteiger partial charge is 0.231 e. The molecule has 0 aliphatic carbocycles. The van der Waals surface area contributed by atoms with Gasteiger partial charge in [0.25, 0.3) is 0 Å². The molecule has 0 saturated carbocycles. The van der Waals surface area contributed by atoms with E-state index in [1.807, 2.05) is 24.3 Å². The molecule has 0 atom stereocenters. The maximum Gasteiger partial charge on any atom is 0.231 e. The van der Waals surface area contributed by atoms with Crippen LogP contribution in [-0.2, 0) is 11.3 Å². The van der Waals surface area contributed by atoms with Crippen molar-refractivity contribution in [1.29, 1.82) is 0 Å². The molecule has 0 radical (unpaired) electrons. The maximum atomic E-state index is 12.9. The van der Waals surface area contributed by atoms with E-state index in [0.29, 0.717) is 42.9 Å². The van der Waals surface area contributed by atoms with Crippen molar-refractivity contribution in [1.82, 2.24) is 4.90 Å². The normalized spacial score (nSPS) is 17.2. The number of carbonyl (C=O) groups excluding carboxylic acids is 1. The second-order valence-electron chi connectivity index (χ2n) is 7.85. The highest BCUT2D eigenvalue weighted by atomic mass is 16.5. The Hall–Kier alpha value is -2.63. The summed E-state index contributed by atoms with van der Waals surface area (Å²) < 4.78 is 17.1. The van der Waals surface area contributed by atoms with Crippen LogP contribution in [0.15, 0.2) is 42.2 Å². The Morgan fingerprint density at radius 3 is 2.69 bits per heavy atom. The average molecular weight is 393 g/mol. The number of benzene rings is 2. The summed E-state index contributed by atoms with van der Waals surface area (Å²) in [5.41, 5.74) is 3.78. The molecule has 152 valence electrons. The van der Waals surface area contributed by atoms with Gasteiger partial charge in [0.05, 0.1) is 11.1 Å². The SMILES string of the molecule is COCCCN1COc2ccc3c(c2C1)O/C(=C\c1ccc(C(C)C)cc1)C3=O. The molecule has 0 saturated heterocycles. The second-order valence-corrected chi connectivity index (χ2v) is 7.85. The topological polar surface area (TPSA) is 48.0 Å². The van der Waals surface area contributed by atoms with E-state index in [0.717, 1.165) is 29.8 Å². The van der Waals surface area contributed by atoms with Gasteiger partial charge in [-0.2, -0.15) is 0 Å². The van der Waals surface area contributed by atoms with Crippen molar-refractivity contribution in [3.05, 3.63) is 64.4 Å². The Balaban J connectivity index is 1.56. The van der Waals surface area contributed by atoms with E-state index in [-0.39, 0.29) is 5.78 Å². The molecular weight excluding hydrogens is 366 g/mol. The minimum Gasteiger partial charge on any atom is -0.478 e. The highest BCUT2D eigenvalue weighted by Gasteiger charge is 2.33. The third-order valence-corrected chi connectivity index (χ3v) is 5.41. The largest absolute Gasteiger partial charge is 0.478 e. The van der Waals surface area contributed by atoms with Crippen LogP contribution in [0.4, 0.5) is 0 Å². The van der Waals surface area contributed by atoms with Crippen molar-refractivity contribution in [2.75, 3.05) is 27.0 Å². The minimum atomic E-state index is -0.0766. The molecule has 5 heteroatoms. The molecule has 0 spiro atoms. The van der Waals surface area contributed by atoms with Gasteiger partial charge in [0, 0.05) is 26.8 Å². The summed E-state index contributed by atoms with van der Waals surface area (Å²) in [6, 6.07) is 11.9. The van der Waals surface area contributed by atoms with Crippen LogP contribution >= 0.6 is 0 Å². The van der Waals surface area contributed by atoms with Gasteiger partial charge in [0.15, 0.2) is 5.76 Å². The van der Waals surface area contributed by atoms with E-state index in [1.165, 1.54) is 5.56 Å². The first-order valence-electron chi connectivity index (χ1n) is 10.1. The minimum absolute atomic E-state index is 0.0766. The maximum absolute atomic E-state index is 12.9. The Morgan fingerprint density at radius 1 is 1.17 bits per heavy atom. The van der Waals surface area contributed by atoms with Crippen molar-refractivity contribution >= 4 is 11.9 Å². The van der Waals surface area contributed by atoms with Crippen LogP contribution in [0.1, 0.15) is 53.2 Å². The van der Waals surface area contributed by atoms with Crippen LogP contribution < -0.4 is 9.47 Å². The summed E-state index contributed by atoms with van der Waals surface area (Å²) in [7, 11) is 1.71. The number of hydrogen-bond donors (Lipinski definition) is 0. The quantitative estimate of drug-likeness (QED) is 0.530. The number of fused-ring (bicyclic) bond motifs is 3. The number of Topliss-reactive ketones (excluding diaryl/α,β-unsaturated/α-hetero) is 1. The molecule has 2 aliphatic rings. The van der Waals surface area contributed by atoms with E-state index in [1.54, 1.807) is 13.2 Å². The molecule has 0 fully saturated rings. The number of allylic oxidation sites excluding steroid dienone is 1. The number of ketones is 1. The highest BCUT2D eigenvalue weighted by Crippen LogP contribution is 2.42. The predicted molar refractivity (Wildman–Crippen MR) is 112 cm³/mol. The molecule has 4 rings (SSSR count). The van der Waals surface area contributed by atoms with Crippen molar-refractivity contribution in [3.8, 4) is 11.5 Å². The molecule has 2 aliphatic heterocycles. The van der Waals surface area contributed by atoms with Crippen LogP contribution in [-0.4, -0.2) is 37.7 Å². The lowest BCUT2D eigenvalue weighted by Gasteiger charge is -2.29. The van der Waals surface area contributed by atoms with E-state index >= 15 is 0 Å². The van der Waals surface area contributed by atoms with Crippen molar-refractivity contribution in [2.45, 2.75) is 32.7 Å². The highest BCUT2D eigenvalue weighted by molar-refractivity contribution is 6.15. The van der Waals surface area contributed by atoms with E-state index in [9.17, 15) is 4.79 Å². The summed E-state index contributed by atoms with van der Waals surface area (Å²) in [5.74, 6) is 2.19. The van der Waals surface area contributed by atoms with Gasteiger partial charge in [0.1, 0.15) is 18.2 Å². The summed E-state index contributed by atoms with van der Waals surface area (Å²) in [4.78, 5) is 15.1. The van der Waals surface area contributed by atoms with Gasteiger partial charge >= 0.3 is 0 Å². The van der Waals surface area contributed by atoms with Gasteiger partial charge in [0.2, 0.25) is 5.78 Å². The zero-order valence-electron chi connectivity index (χ0n) is 17.2.